The molecule has 156 valence electrons. The van der Waals surface area contributed by atoms with E-state index in [0.29, 0.717) is 12.6 Å². The number of halogens is 2. The number of carbonyl (C=O) groups is 1. The number of hydrogen-bond donors (Lipinski definition) is 2. The molecule has 0 aromatic rings. The molecule has 27 heavy (non-hydrogen) atoms. The zero-order valence-electron chi connectivity index (χ0n) is 16.2. The van der Waals surface area contributed by atoms with Crippen molar-refractivity contribution in [3.05, 3.63) is 0 Å². The van der Waals surface area contributed by atoms with Crippen LogP contribution in [0.1, 0.15) is 51.4 Å². The molecule has 4 aliphatic carbocycles. The van der Waals surface area contributed by atoms with Crippen LogP contribution in [0, 0.1) is 17.8 Å². The van der Waals surface area contributed by atoms with E-state index in [2.05, 4.69) is 15.5 Å². The van der Waals surface area contributed by atoms with Crippen molar-refractivity contribution in [2.24, 2.45) is 17.8 Å². The summed E-state index contributed by atoms with van der Waals surface area (Å²) in [5.41, 5.74) is 0.103. The van der Waals surface area contributed by atoms with Crippen LogP contribution < -0.4 is 10.6 Å². The van der Waals surface area contributed by atoms with Gasteiger partial charge in [-0.15, -0.1) is 24.8 Å². The zero-order chi connectivity index (χ0) is 16.9. The Kier molecular flexibility index (Phi) is 7.01. The summed E-state index contributed by atoms with van der Waals surface area (Å²) in [5.74, 6) is 2.76. The highest BCUT2D eigenvalue weighted by Gasteiger charge is 2.52. The Morgan fingerprint density at radius 3 is 2.19 bits per heavy atom. The standard InChI is InChI=1S/C20H33N3O2.2ClH/c24-19(18-13-23(5-6-25-18)17-1-3-21-4-2-17)22-20-10-14-7-15(11-20)9-16(8-14)12-20;;/h14-18,21H,1-13H2,(H,22,24);2*1H. The predicted octanol–water partition coefficient (Wildman–Crippen LogP) is 2.37. The highest BCUT2D eigenvalue weighted by molar-refractivity contribution is 5.85. The van der Waals surface area contributed by atoms with Crippen LogP contribution in [0.2, 0.25) is 0 Å². The lowest BCUT2D eigenvalue weighted by molar-refractivity contribution is -0.145. The highest BCUT2D eigenvalue weighted by atomic mass is 35.5. The van der Waals surface area contributed by atoms with Gasteiger partial charge in [-0.2, -0.15) is 0 Å². The Morgan fingerprint density at radius 1 is 1.00 bits per heavy atom. The molecule has 4 saturated carbocycles. The number of nitrogens with zero attached hydrogens (tertiary/aromatic N) is 1. The molecule has 6 fully saturated rings. The van der Waals surface area contributed by atoms with E-state index in [0.717, 1.165) is 43.9 Å². The number of amides is 1. The molecule has 2 aliphatic heterocycles. The van der Waals surface area contributed by atoms with E-state index in [1.54, 1.807) is 0 Å². The third kappa shape index (κ3) is 4.42. The predicted molar refractivity (Wildman–Crippen MR) is 111 cm³/mol. The van der Waals surface area contributed by atoms with Gasteiger partial charge in [0.05, 0.1) is 6.61 Å². The highest BCUT2D eigenvalue weighted by Crippen LogP contribution is 2.55. The van der Waals surface area contributed by atoms with Crippen LogP contribution in [0.25, 0.3) is 0 Å². The maximum Gasteiger partial charge on any atom is 0.250 e. The van der Waals surface area contributed by atoms with Gasteiger partial charge in [-0.25, -0.2) is 0 Å². The summed E-state index contributed by atoms with van der Waals surface area (Å²) in [6.45, 7) is 4.66. The van der Waals surface area contributed by atoms with Crippen molar-refractivity contribution in [1.82, 2.24) is 15.5 Å². The van der Waals surface area contributed by atoms with E-state index >= 15 is 0 Å². The molecule has 5 nitrogen and oxygen atoms in total. The SMILES string of the molecule is Cl.Cl.O=C(NC12CC3CC(CC(C3)C1)C2)C1CN(C2CCNCC2)CCO1. The molecule has 7 heteroatoms. The lowest BCUT2D eigenvalue weighted by Gasteiger charge is -2.57. The molecule has 4 bridgehead atoms. The third-order valence-electron chi connectivity index (χ3n) is 7.64. The average molecular weight is 420 g/mol. The summed E-state index contributed by atoms with van der Waals surface area (Å²) in [6.07, 6.45) is 10.0. The van der Waals surface area contributed by atoms with Crippen molar-refractivity contribution in [1.29, 1.82) is 0 Å². The number of rotatable bonds is 3. The van der Waals surface area contributed by atoms with Gasteiger partial charge in [0, 0.05) is 24.7 Å². The van der Waals surface area contributed by atoms with Crippen molar-refractivity contribution in [2.75, 3.05) is 32.8 Å². The molecule has 0 aromatic carbocycles. The second kappa shape index (κ2) is 8.74. The Bertz CT molecular complexity index is 492. The first-order valence-corrected chi connectivity index (χ1v) is 10.6. The molecule has 0 aromatic heterocycles. The number of piperidine rings is 1. The van der Waals surface area contributed by atoms with Crippen LogP contribution >= 0.6 is 24.8 Å². The minimum atomic E-state index is -0.267. The van der Waals surface area contributed by atoms with Crippen LogP contribution in [0.4, 0.5) is 0 Å². The van der Waals surface area contributed by atoms with E-state index in [9.17, 15) is 4.79 Å². The Morgan fingerprint density at radius 2 is 1.59 bits per heavy atom. The monoisotopic (exact) mass is 419 g/mol. The Labute approximate surface area is 175 Å². The molecule has 1 atom stereocenters. The van der Waals surface area contributed by atoms with Crippen molar-refractivity contribution in [2.45, 2.75) is 69.1 Å². The van der Waals surface area contributed by atoms with E-state index in [1.165, 1.54) is 51.4 Å². The van der Waals surface area contributed by atoms with Gasteiger partial charge in [-0.1, -0.05) is 0 Å². The molecule has 0 radical (unpaired) electrons. The second-order valence-electron chi connectivity index (χ2n) is 9.52. The zero-order valence-corrected chi connectivity index (χ0v) is 17.8. The number of hydrogen-bond acceptors (Lipinski definition) is 4. The summed E-state index contributed by atoms with van der Waals surface area (Å²) < 4.78 is 5.91. The topological polar surface area (TPSA) is 53.6 Å². The number of morpholine rings is 1. The van der Waals surface area contributed by atoms with E-state index < -0.39 is 0 Å². The summed E-state index contributed by atoms with van der Waals surface area (Å²) in [4.78, 5) is 15.5. The lowest BCUT2D eigenvalue weighted by atomic mass is 9.53. The Balaban J connectivity index is 0.00000105. The minimum absolute atomic E-state index is 0. The van der Waals surface area contributed by atoms with Crippen LogP contribution in [-0.4, -0.2) is 61.3 Å². The summed E-state index contributed by atoms with van der Waals surface area (Å²) >= 11 is 0. The minimum Gasteiger partial charge on any atom is -0.366 e. The molecular weight excluding hydrogens is 385 g/mol. The quantitative estimate of drug-likeness (QED) is 0.736. The first-order chi connectivity index (χ1) is 12.2. The molecule has 6 aliphatic rings. The molecule has 0 spiro atoms. The first-order valence-electron chi connectivity index (χ1n) is 10.6. The normalized spacial score (nSPS) is 41.5. The number of ether oxygens (including phenoxy) is 1. The molecule has 1 unspecified atom stereocenters. The van der Waals surface area contributed by atoms with Gasteiger partial charge in [0.2, 0.25) is 0 Å². The van der Waals surface area contributed by atoms with Crippen LogP contribution in [0.3, 0.4) is 0 Å². The maximum atomic E-state index is 13.0. The van der Waals surface area contributed by atoms with Crippen molar-refractivity contribution in [3.8, 4) is 0 Å². The third-order valence-corrected chi connectivity index (χ3v) is 7.64. The maximum absolute atomic E-state index is 13.0. The molecule has 6 rings (SSSR count). The Hall–Kier alpha value is -0.0700. The van der Waals surface area contributed by atoms with Gasteiger partial charge in [-0.05, 0) is 82.2 Å². The van der Waals surface area contributed by atoms with Crippen molar-refractivity contribution < 1.29 is 9.53 Å². The van der Waals surface area contributed by atoms with Gasteiger partial charge in [0.15, 0.2) is 0 Å². The van der Waals surface area contributed by atoms with Crippen molar-refractivity contribution in [3.63, 3.8) is 0 Å². The summed E-state index contributed by atoms with van der Waals surface area (Å²) in [6, 6.07) is 0.625. The van der Waals surface area contributed by atoms with Gasteiger partial charge < -0.3 is 15.4 Å². The number of nitrogens with one attached hydrogen (secondary N) is 2. The van der Waals surface area contributed by atoms with Crippen LogP contribution in [0.15, 0.2) is 0 Å². The van der Waals surface area contributed by atoms with Crippen molar-refractivity contribution >= 4 is 30.7 Å². The van der Waals surface area contributed by atoms with E-state index in [1.807, 2.05) is 0 Å². The van der Waals surface area contributed by atoms with Gasteiger partial charge >= 0.3 is 0 Å². The van der Waals surface area contributed by atoms with Crippen LogP contribution in [0.5, 0.6) is 0 Å². The van der Waals surface area contributed by atoms with Gasteiger partial charge in [0.1, 0.15) is 6.10 Å². The fourth-order valence-electron chi connectivity index (χ4n) is 6.94. The first kappa shape index (κ1) is 21.6. The molecule has 2 saturated heterocycles. The fraction of sp³-hybridized carbons (Fsp3) is 0.950. The van der Waals surface area contributed by atoms with Crippen LogP contribution in [-0.2, 0) is 9.53 Å². The summed E-state index contributed by atoms with van der Waals surface area (Å²) in [7, 11) is 0. The average Bonchev–Trinajstić information content (AvgIpc) is 2.61. The summed E-state index contributed by atoms with van der Waals surface area (Å²) in [5, 5.41) is 6.95. The van der Waals surface area contributed by atoms with Gasteiger partial charge in [0.25, 0.3) is 5.91 Å². The molecule has 1 amide bonds. The second-order valence-corrected chi connectivity index (χ2v) is 9.52. The van der Waals surface area contributed by atoms with Gasteiger partial charge in [-0.3, -0.25) is 9.69 Å². The smallest absolute Gasteiger partial charge is 0.250 e. The van der Waals surface area contributed by atoms with E-state index in [-0.39, 0.29) is 42.4 Å². The molecular formula is C20H35Cl2N3O2. The largest absolute Gasteiger partial charge is 0.366 e. The lowest BCUT2D eigenvalue weighted by Crippen LogP contribution is -2.63. The van der Waals surface area contributed by atoms with E-state index in [4.69, 9.17) is 4.74 Å². The fourth-order valence-corrected chi connectivity index (χ4v) is 6.94. The number of carbonyl (C=O) groups excluding carboxylic acids is 1. The molecule has 2 heterocycles. The molecule has 2 N–H and O–H groups in total.